The normalized spacial score (nSPS) is 10.2. The minimum absolute atomic E-state index is 0.00871. The minimum Gasteiger partial charge on any atom is -0.477 e. The maximum absolute atomic E-state index is 12.0. The quantitative estimate of drug-likeness (QED) is 0.491. The zero-order valence-corrected chi connectivity index (χ0v) is 8.50. The molecule has 9 heteroatoms. The van der Waals surface area contributed by atoms with Gasteiger partial charge in [-0.2, -0.15) is 8.78 Å². The number of alkyl halides is 2. The fraction of sp³-hybridized carbons (Fsp3) is 0.111. The fourth-order valence-electron chi connectivity index (χ4n) is 1.26. The summed E-state index contributed by atoms with van der Waals surface area (Å²) in [6.07, 6.45) is 0.00871. The fourth-order valence-corrected chi connectivity index (χ4v) is 1.26. The molecule has 0 aliphatic rings. The van der Waals surface area contributed by atoms with Gasteiger partial charge in [-0.15, -0.1) is 0 Å². The van der Waals surface area contributed by atoms with Gasteiger partial charge in [0.25, 0.3) is 5.69 Å². The van der Waals surface area contributed by atoms with Gasteiger partial charge in [0.15, 0.2) is 6.29 Å². The molecular formula is C9H5F2NO6. The first-order chi connectivity index (χ1) is 8.36. The van der Waals surface area contributed by atoms with Gasteiger partial charge < -0.3 is 9.84 Å². The summed E-state index contributed by atoms with van der Waals surface area (Å²) in [5, 5.41) is 19.4. The Labute approximate surface area is 97.7 Å². The number of nitro groups is 1. The third kappa shape index (κ3) is 2.75. The van der Waals surface area contributed by atoms with Crippen LogP contribution in [0.3, 0.4) is 0 Å². The number of aldehydes is 1. The van der Waals surface area contributed by atoms with Crippen LogP contribution in [0.15, 0.2) is 12.1 Å². The van der Waals surface area contributed by atoms with E-state index in [0.717, 1.165) is 0 Å². The van der Waals surface area contributed by atoms with Crippen LogP contribution in [0.1, 0.15) is 20.7 Å². The summed E-state index contributed by atoms with van der Waals surface area (Å²) in [5.41, 5.74) is -2.49. The minimum atomic E-state index is -3.25. The molecule has 0 amide bonds. The zero-order valence-electron chi connectivity index (χ0n) is 8.50. The largest absolute Gasteiger partial charge is 0.477 e. The van der Waals surface area contributed by atoms with E-state index in [1.807, 2.05) is 0 Å². The van der Waals surface area contributed by atoms with Crippen molar-refractivity contribution >= 4 is 17.9 Å². The highest BCUT2D eigenvalue weighted by molar-refractivity contribution is 6.01. The highest BCUT2D eigenvalue weighted by Gasteiger charge is 2.26. The van der Waals surface area contributed by atoms with Crippen molar-refractivity contribution in [2.75, 3.05) is 0 Å². The van der Waals surface area contributed by atoms with Crippen LogP contribution in [0.4, 0.5) is 14.5 Å². The van der Waals surface area contributed by atoms with E-state index < -0.39 is 40.1 Å². The number of aromatic carboxylic acids is 1. The molecule has 0 atom stereocenters. The Kier molecular flexibility index (Phi) is 3.87. The van der Waals surface area contributed by atoms with E-state index in [2.05, 4.69) is 4.74 Å². The molecule has 1 rings (SSSR count). The van der Waals surface area contributed by atoms with Crippen molar-refractivity contribution in [3.8, 4) is 5.75 Å². The average Bonchev–Trinajstić information content (AvgIpc) is 2.26. The topological polar surface area (TPSA) is 107 Å². The van der Waals surface area contributed by atoms with E-state index in [1.54, 1.807) is 0 Å². The second-order valence-electron chi connectivity index (χ2n) is 2.97. The summed E-state index contributed by atoms with van der Waals surface area (Å²) in [7, 11) is 0. The van der Waals surface area contributed by atoms with E-state index >= 15 is 0 Å². The highest BCUT2D eigenvalue weighted by atomic mass is 19.3. The summed E-state index contributed by atoms with van der Waals surface area (Å²) >= 11 is 0. The van der Waals surface area contributed by atoms with Crippen molar-refractivity contribution in [1.82, 2.24) is 0 Å². The number of nitrogens with zero attached hydrogens (tertiary/aromatic N) is 1. The highest BCUT2D eigenvalue weighted by Crippen LogP contribution is 2.28. The molecule has 0 saturated carbocycles. The predicted molar refractivity (Wildman–Crippen MR) is 52.1 cm³/mol. The lowest BCUT2D eigenvalue weighted by Crippen LogP contribution is -2.09. The van der Waals surface area contributed by atoms with Gasteiger partial charge in [0.2, 0.25) is 0 Å². The number of carbonyl (C=O) groups is 2. The lowest BCUT2D eigenvalue weighted by Gasteiger charge is -2.07. The van der Waals surface area contributed by atoms with Gasteiger partial charge in [-0.1, -0.05) is 0 Å². The molecule has 0 aromatic heterocycles. The molecule has 0 unspecified atom stereocenters. The van der Waals surface area contributed by atoms with Crippen LogP contribution in [0.25, 0.3) is 0 Å². The van der Waals surface area contributed by atoms with Gasteiger partial charge in [0.05, 0.1) is 11.0 Å². The van der Waals surface area contributed by atoms with Gasteiger partial charge in [0.1, 0.15) is 11.3 Å². The number of halogens is 2. The molecule has 1 N–H and O–H groups in total. The zero-order chi connectivity index (χ0) is 13.9. The molecule has 7 nitrogen and oxygen atoms in total. The molecule has 0 aliphatic heterocycles. The molecule has 1 aromatic carbocycles. The SMILES string of the molecule is O=Cc1cc(OC(F)F)cc([N+](=O)[O-])c1C(=O)O. The Morgan fingerprint density at radius 1 is 1.50 bits per heavy atom. The second kappa shape index (κ2) is 5.17. The standard InChI is InChI=1S/C9H5F2NO6/c10-9(11)18-5-1-4(3-13)7(8(14)15)6(2-5)12(16)17/h1-3,9H,(H,14,15). The van der Waals surface area contributed by atoms with Crippen molar-refractivity contribution < 1.29 is 33.1 Å². The van der Waals surface area contributed by atoms with Crippen LogP contribution >= 0.6 is 0 Å². The van der Waals surface area contributed by atoms with Crippen LogP contribution in [0, 0.1) is 10.1 Å². The Morgan fingerprint density at radius 3 is 2.50 bits per heavy atom. The molecule has 0 spiro atoms. The lowest BCUT2D eigenvalue weighted by atomic mass is 10.1. The Hall–Kier alpha value is -2.58. The van der Waals surface area contributed by atoms with Crippen molar-refractivity contribution in [3.63, 3.8) is 0 Å². The number of hydrogen-bond acceptors (Lipinski definition) is 5. The summed E-state index contributed by atoms with van der Waals surface area (Å²) in [4.78, 5) is 30.9. The van der Waals surface area contributed by atoms with E-state index in [-0.39, 0.29) is 6.29 Å². The molecule has 0 heterocycles. The second-order valence-corrected chi connectivity index (χ2v) is 2.97. The molecule has 96 valence electrons. The summed E-state index contributed by atoms with van der Waals surface area (Å²) in [5.74, 6) is -2.38. The first kappa shape index (κ1) is 13.5. The maximum atomic E-state index is 12.0. The van der Waals surface area contributed by atoms with Crippen LogP contribution in [-0.2, 0) is 0 Å². The van der Waals surface area contributed by atoms with Crippen molar-refractivity contribution in [2.24, 2.45) is 0 Å². The van der Waals surface area contributed by atoms with Gasteiger partial charge in [-0.05, 0) is 6.07 Å². The molecule has 1 aromatic rings. The summed E-state index contributed by atoms with van der Waals surface area (Å²) in [6, 6.07) is 1.21. The van der Waals surface area contributed by atoms with Crippen molar-refractivity contribution in [2.45, 2.75) is 6.61 Å². The molecule has 0 bridgehead atoms. The van der Waals surface area contributed by atoms with E-state index in [0.29, 0.717) is 12.1 Å². The number of ether oxygens (including phenoxy) is 1. The van der Waals surface area contributed by atoms with E-state index in [9.17, 15) is 28.5 Å². The first-order valence-electron chi connectivity index (χ1n) is 4.32. The molecule has 18 heavy (non-hydrogen) atoms. The number of carboxylic acid groups (broad SMARTS) is 1. The molecular weight excluding hydrogens is 256 g/mol. The van der Waals surface area contributed by atoms with Crippen LogP contribution < -0.4 is 4.74 Å². The Balaban J connectivity index is 3.48. The molecule has 0 radical (unpaired) electrons. The maximum Gasteiger partial charge on any atom is 0.387 e. The third-order valence-corrected chi connectivity index (χ3v) is 1.88. The van der Waals surface area contributed by atoms with Crippen LogP contribution in [0.2, 0.25) is 0 Å². The van der Waals surface area contributed by atoms with E-state index in [4.69, 9.17) is 5.11 Å². The third-order valence-electron chi connectivity index (χ3n) is 1.88. The predicted octanol–water partition coefficient (Wildman–Crippen LogP) is 1.71. The number of nitro benzene ring substituents is 1. The van der Waals surface area contributed by atoms with Gasteiger partial charge in [-0.25, -0.2) is 4.79 Å². The average molecular weight is 261 g/mol. The Bertz CT molecular complexity index is 516. The molecule has 0 saturated heterocycles. The number of benzene rings is 1. The molecule has 0 aliphatic carbocycles. The number of carbonyl (C=O) groups excluding carboxylic acids is 1. The number of hydrogen-bond donors (Lipinski definition) is 1. The van der Waals surface area contributed by atoms with E-state index in [1.165, 1.54) is 0 Å². The summed E-state index contributed by atoms with van der Waals surface area (Å²) in [6.45, 7) is -3.25. The van der Waals surface area contributed by atoms with Gasteiger partial charge in [0, 0.05) is 5.56 Å². The molecule has 0 fully saturated rings. The monoisotopic (exact) mass is 261 g/mol. The van der Waals surface area contributed by atoms with Gasteiger partial charge in [-0.3, -0.25) is 14.9 Å². The first-order valence-corrected chi connectivity index (χ1v) is 4.32. The number of carboxylic acids is 1. The number of rotatable bonds is 5. The smallest absolute Gasteiger partial charge is 0.387 e. The van der Waals surface area contributed by atoms with Crippen LogP contribution in [-0.4, -0.2) is 28.9 Å². The van der Waals surface area contributed by atoms with Crippen molar-refractivity contribution in [1.29, 1.82) is 0 Å². The summed E-state index contributed by atoms with van der Waals surface area (Å²) < 4.78 is 27.8. The van der Waals surface area contributed by atoms with Gasteiger partial charge >= 0.3 is 12.6 Å². The van der Waals surface area contributed by atoms with Crippen LogP contribution in [0.5, 0.6) is 5.75 Å². The Morgan fingerprint density at radius 2 is 2.11 bits per heavy atom. The van der Waals surface area contributed by atoms with Crippen molar-refractivity contribution in [3.05, 3.63) is 33.4 Å². The lowest BCUT2D eigenvalue weighted by molar-refractivity contribution is -0.385.